The number of pyridine rings is 1. The number of benzene rings is 2. The van der Waals surface area contributed by atoms with E-state index in [-0.39, 0.29) is 12.1 Å². The number of aromatic nitrogens is 3. The maximum atomic E-state index is 5.91. The molecule has 34 heavy (non-hydrogen) atoms. The fraction of sp³-hybridized carbons (Fsp3) is 0.148. The van der Waals surface area contributed by atoms with Crippen LogP contribution in [0.25, 0.3) is 15.3 Å². The van der Waals surface area contributed by atoms with Crippen molar-refractivity contribution < 1.29 is 0 Å². The molecule has 168 valence electrons. The number of nitrogens with zero attached hydrogens (tertiary/aromatic N) is 4. The van der Waals surface area contributed by atoms with Crippen molar-refractivity contribution in [1.29, 1.82) is 0 Å². The average Bonchev–Trinajstić information content (AvgIpc) is 3.54. The number of anilines is 1. The van der Waals surface area contributed by atoms with E-state index in [1.54, 1.807) is 11.3 Å². The Bertz CT molecular complexity index is 1450. The number of nitrogens with one attached hydrogen (secondary N) is 1. The summed E-state index contributed by atoms with van der Waals surface area (Å²) in [6.45, 7) is 4.25. The predicted molar refractivity (Wildman–Crippen MR) is 143 cm³/mol. The molecule has 5 aromatic rings. The highest BCUT2D eigenvalue weighted by Gasteiger charge is 2.42. The third kappa shape index (κ3) is 3.57. The fourth-order valence-electron chi connectivity index (χ4n) is 4.80. The van der Waals surface area contributed by atoms with Gasteiger partial charge in [0, 0.05) is 18.1 Å². The Labute approximate surface area is 207 Å². The smallest absolute Gasteiger partial charge is 0.194 e. The predicted octanol–water partition coefficient (Wildman–Crippen LogP) is 6.28. The minimum absolute atomic E-state index is 0.0920. The highest BCUT2D eigenvalue weighted by molar-refractivity contribution is 7.80. The van der Waals surface area contributed by atoms with E-state index in [0.717, 1.165) is 27.7 Å². The van der Waals surface area contributed by atoms with E-state index in [2.05, 4.69) is 94.4 Å². The Kier molecular flexibility index (Phi) is 5.16. The number of para-hydroxylation sites is 1. The van der Waals surface area contributed by atoms with E-state index < -0.39 is 0 Å². The van der Waals surface area contributed by atoms with Gasteiger partial charge in [-0.1, -0.05) is 35.6 Å². The maximum absolute atomic E-state index is 5.91. The lowest BCUT2D eigenvalue weighted by atomic mass is 10.0. The number of aryl methyl sites for hydroxylation is 2. The SMILES string of the molecule is Cc1cc(C)cc(N2C(=S)N[C@@H](c3ccccn3)[C@@H]2c2cccn2-c2nc3ccccc3s2)c1. The van der Waals surface area contributed by atoms with Crippen LogP contribution in [-0.2, 0) is 0 Å². The Balaban J connectivity index is 1.53. The van der Waals surface area contributed by atoms with Crippen LogP contribution in [-0.4, -0.2) is 19.6 Å². The molecule has 1 saturated heterocycles. The van der Waals surface area contributed by atoms with Gasteiger partial charge in [0.15, 0.2) is 10.2 Å². The van der Waals surface area contributed by atoms with Crippen molar-refractivity contribution in [2.45, 2.75) is 25.9 Å². The maximum Gasteiger partial charge on any atom is 0.194 e. The molecule has 2 aromatic carbocycles. The highest BCUT2D eigenvalue weighted by Crippen LogP contribution is 2.43. The summed E-state index contributed by atoms with van der Waals surface area (Å²) in [5.74, 6) is 0. The van der Waals surface area contributed by atoms with Crippen LogP contribution in [0.4, 0.5) is 5.69 Å². The summed E-state index contributed by atoms with van der Waals surface area (Å²) in [5, 5.41) is 5.21. The molecule has 4 heterocycles. The first-order valence-corrected chi connectivity index (χ1v) is 12.4. The van der Waals surface area contributed by atoms with Crippen LogP contribution in [0.1, 0.15) is 34.6 Å². The minimum Gasteiger partial charge on any atom is -0.351 e. The molecule has 0 unspecified atom stereocenters. The number of rotatable bonds is 4. The second-order valence-electron chi connectivity index (χ2n) is 8.61. The molecule has 5 nitrogen and oxygen atoms in total. The summed E-state index contributed by atoms with van der Waals surface area (Å²) in [7, 11) is 0. The lowest BCUT2D eigenvalue weighted by molar-refractivity contribution is 0.549. The van der Waals surface area contributed by atoms with Gasteiger partial charge in [0.25, 0.3) is 0 Å². The summed E-state index contributed by atoms with van der Waals surface area (Å²) >= 11 is 7.61. The van der Waals surface area contributed by atoms with Crippen molar-refractivity contribution in [1.82, 2.24) is 19.9 Å². The van der Waals surface area contributed by atoms with Gasteiger partial charge in [-0.25, -0.2) is 4.98 Å². The van der Waals surface area contributed by atoms with Gasteiger partial charge < -0.3 is 10.2 Å². The number of hydrogen-bond donors (Lipinski definition) is 1. The van der Waals surface area contributed by atoms with Crippen molar-refractivity contribution in [3.8, 4) is 5.13 Å². The van der Waals surface area contributed by atoms with Crippen LogP contribution in [0, 0.1) is 13.8 Å². The van der Waals surface area contributed by atoms with Crippen LogP contribution in [0.15, 0.2) is 85.2 Å². The van der Waals surface area contributed by atoms with Crippen LogP contribution in [0.2, 0.25) is 0 Å². The summed E-state index contributed by atoms with van der Waals surface area (Å²) < 4.78 is 3.36. The summed E-state index contributed by atoms with van der Waals surface area (Å²) in [6, 6.07) is 24.9. The van der Waals surface area contributed by atoms with E-state index >= 15 is 0 Å². The third-order valence-electron chi connectivity index (χ3n) is 6.15. The van der Waals surface area contributed by atoms with E-state index in [0.29, 0.717) is 5.11 Å². The Hall–Kier alpha value is -3.55. The normalized spacial score (nSPS) is 17.9. The van der Waals surface area contributed by atoms with Crippen LogP contribution in [0.5, 0.6) is 0 Å². The molecule has 3 aromatic heterocycles. The molecule has 0 spiro atoms. The lowest BCUT2D eigenvalue weighted by Crippen LogP contribution is -2.30. The van der Waals surface area contributed by atoms with Crippen molar-refractivity contribution >= 4 is 44.6 Å². The van der Waals surface area contributed by atoms with Crippen LogP contribution < -0.4 is 10.2 Å². The molecule has 7 heteroatoms. The molecular formula is C27H23N5S2. The quantitative estimate of drug-likeness (QED) is 0.306. The summed E-state index contributed by atoms with van der Waals surface area (Å²) in [4.78, 5) is 11.8. The second kappa shape index (κ2) is 8.34. The lowest BCUT2D eigenvalue weighted by Gasteiger charge is -2.29. The fourth-order valence-corrected chi connectivity index (χ4v) is 6.11. The first-order chi connectivity index (χ1) is 16.6. The molecule has 0 radical (unpaired) electrons. The summed E-state index contributed by atoms with van der Waals surface area (Å²) in [6.07, 6.45) is 3.92. The monoisotopic (exact) mass is 481 g/mol. The standard InChI is InChI=1S/C27H23N5S2/c1-17-14-18(2)16-19(15-17)32-25(24(30-26(32)33)21-9-5-6-12-28-21)22-10-7-13-31(22)27-29-20-8-3-4-11-23(20)34-27/h3-16,24-25H,1-2H3,(H,30,33)/t24-,25-/m0/s1. The number of thiazole rings is 1. The van der Waals surface area contributed by atoms with Crippen molar-refractivity contribution in [3.05, 3.63) is 108 Å². The van der Waals surface area contributed by atoms with E-state index in [1.807, 2.05) is 24.4 Å². The molecule has 1 aliphatic heterocycles. The van der Waals surface area contributed by atoms with E-state index in [9.17, 15) is 0 Å². The second-order valence-corrected chi connectivity index (χ2v) is 10.0. The highest BCUT2D eigenvalue weighted by atomic mass is 32.1. The molecule has 2 atom stereocenters. The molecule has 0 bridgehead atoms. The molecule has 0 aliphatic carbocycles. The molecule has 6 rings (SSSR count). The van der Waals surface area contributed by atoms with Gasteiger partial charge >= 0.3 is 0 Å². The topological polar surface area (TPSA) is 46.0 Å². The Morgan fingerprint density at radius 2 is 1.74 bits per heavy atom. The molecule has 1 fully saturated rings. The van der Waals surface area contributed by atoms with Crippen molar-refractivity contribution in [3.63, 3.8) is 0 Å². The van der Waals surface area contributed by atoms with Gasteiger partial charge in [0.05, 0.1) is 27.6 Å². The molecule has 0 amide bonds. The third-order valence-corrected chi connectivity index (χ3v) is 7.50. The van der Waals surface area contributed by atoms with Gasteiger partial charge in [-0.05, 0) is 85.7 Å². The number of hydrogen-bond acceptors (Lipinski definition) is 4. The molecule has 0 saturated carbocycles. The summed E-state index contributed by atoms with van der Waals surface area (Å²) in [5.41, 5.74) is 6.57. The zero-order chi connectivity index (χ0) is 23.2. The van der Waals surface area contributed by atoms with Gasteiger partial charge in [0.1, 0.15) is 6.04 Å². The molecular weight excluding hydrogens is 458 g/mol. The van der Waals surface area contributed by atoms with Gasteiger partial charge in [-0.15, -0.1) is 0 Å². The van der Waals surface area contributed by atoms with E-state index in [4.69, 9.17) is 17.2 Å². The van der Waals surface area contributed by atoms with Crippen molar-refractivity contribution in [2.24, 2.45) is 0 Å². The zero-order valence-electron chi connectivity index (χ0n) is 18.8. The largest absolute Gasteiger partial charge is 0.351 e. The van der Waals surface area contributed by atoms with Gasteiger partial charge in [0.2, 0.25) is 0 Å². The number of fused-ring (bicyclic) bond motifs is 1. The first kappa shape index (κ1) is 21.0. The Morgan fingerprint density at radius 1 is 0.941 bits per heavy atom. The number of thiocarbonyl (C=S) groups is 1. The zero-order valence-corrected chi connectivity index (χ0v) is 20.5. The van der Waals surface area contributed by atoms with Gasteiger partial charge in [-0.3, -0.25) is 9.55 Å². The average molecular weight is 482 g/mol. The van der Waals surface area contributed by atoms with Crippen LogP contribution >= 0.6 is 23.6 Å². The van der Waals surface area contributed by atoms with Gasteiger partial charge in [-0.2, -0.15) is 0 Å². The van der Waals surface area contributed by atoms with E-state index in [1.165, 1.54) is 15.8 Å². The van der Waals surface area contributed by atoms with Crippen LogP contribution in [0.3, 0.4) is 0 Å². The Morgan fingerprint density at radius 3 is 2.50 bits per heavy atom. The molecule has 1 aliphatic rings. The molecule has 1 N–H and O–H groups in total. The van der Waals surface area contributed by atoms with Crippen molar-refractivity contribution in [2.75, 3.05) is 4.90 Å². The minimum atomic E-state index is -0.0995. The first-order valence-electron chi connectivity index (χ1n) is 11.2.